The Morgan fingerprint density at radius 2 is 1.61 bits per heavy atom. The van der Waals surface area contributed by atoms with Crippen LogP contribution in [-0.2, 0) is 9.47 Å². The molecule has 0 heterocycles. The maximum absolute atomic E-state index is 5.59. The van der Waals surface area contributed by atoms with Crippen LogP contribution in [0.1, 0.15) is 13.8 Å². The molecule has 4 nitrogen and oxygen atoms in total. The summed E-state index contributed by atoms with van der Waals surface area (Å²) in [5.74, 6) is 0. The molecule has 0 N–H and O–H groups in total. The van der Waals surface area contributed by atoms with E-state index in [0.29, 0.717) is 18.3 Å². The van der Waals surface area contributed by atoms with Crippen molar-refractivity contribution in [3.63, 3.8) is 0 Å². The van der Waals surface area contributed by atoms with Crippen LogP contribution in [0, 0.1) is 0 Å². The normalized spacial score (nSPS) is 12.4. The van der Waals surface area contributed by atoms with Crippen molar-refractivity contribution in [2.24, 2.45) is 0 Å². The van der Waals surface area contributed by atoms with Crippen LogP contribution in [0.3, 0.4) is 0 Å². The van der Waals surface area contributed by atoms with Gasteiger partial charge in [-0.1, -0.05) is 11.8 Å². The van der Waals surface area contributed by atoms with E-state index < -0.39 is 0 Å². The van der Waals surface area contributed by atoms with E-state index in [4.69, 9.17) is 21.7 Å². The fraction of sp³-hybridized carbons (Fsp3) is 0.750. The average molecular weight is 292 g/mol. The van der Waals surface area contributed by atoms with Crippen molar-refractivity contribution >= 4 is 29.0 Å². The van der Waals surface area contributed by atoms with Crippen molar-refractivity contribution in [2.45, 2.75) is 19.3 Å². The van der Waals surface area contributed by atoms with Crippen molar-refractivity contribution in [1.29, 1.82) is 0 Å². The zero-order chi connectivity index (χ0) is 14.1. The molecular weight excluding hydrogens is 268 g/mol. The van der Waals surface area contributed by atoms with Gasteiger partial charge in [0.2, 0.25) is 0 Å². The lowest BCUT2D eigenvalue weighted by atomic mass is 10.6. The van der Waals surface area contributed by atoms with E-state index in [-0.39, 0.29) is 5.50 Å². The third kappa shape index (κ3) is 7.20. The molecule has 0 aromatic carbocycles. The molecule has 0 amide bonds. The van der Waals surface area contributed by atoms with Crippen molar-refractivity contribution in [1.82, 2.24) is 9.80 Å². The molecule has 0 aliphatic carbocycles. The van der Waals surface area contributed by atoms with Crippen LogP contribution in [0.4, 0.5) is 0 Å². The standard InChI is InChI=1S/C12H24N2O2S2/c1-7-15-10(17)9-11(16-8-2)18-12(13(3)4)14(5)6/h9,12H,7-8H2,1-6H3/b11-9+. The minimum Gasteiger partial charge on any atom is -0.487 e. The molecule has 0 atom stereocenters. The van der Waals surface area contributed by atoms with Gasteiger partial charge in [0, 0.05) is 6.08 Å². The minimum absolute atomic E-state index is 0.187. The zero-order valence-electron chi connectivity index (χ0n) is 12.1. The second kappa shape index (κ2) is 9.61. The highest BCUT2D eigenvalue weighted by atomic mass is 32.2. The molecule has 0 saturated carbocycles. The van der Waals surface area contributed by atoms with E-state index in [0.717, 1.165) is 5.09 Å². The van der Waals surface area contributed by atoms with Gasteiger partial charge >= 0.3 is 0 Å². The Labute approximate surface area is 120 Å². The van der Waals surface area contributed by atoms with E-state index in [1.165, 1.54) is 0 Å². The second-order valence-electron chi connectivity index (χ2n) is 4.02. The monoisotopic (exact) mass is 292 g/mol. The fourth-order valence-electron chi connectivity index (χ4n) is 1.31. The van der Waals surface area contributed by atoms with Crippen LogP contribution in [-0.4, -0.2) is 61.8 Å². The van der Waals surface area contributed by atoms with Crippen LogP contribution in [0.15, 0.2) is 11.2 Å². The van der Waals surface area contributed by atoms with Gasteiger partial charge < -0.3 is 9.47 Å². The molecule has 106 valence electrons. The first-order valence-corrected chi connectivity index (χ1v) is 7.21. The Balaban J connectivity index is 4.73. The van der Waals surface area contributed by atoms with Crippen LogP contribution in [0.2, 0.25) is 0 Å². The first-order valence-electron chi connectivity index (χ1n) is 5.93. The van der Waals surface area contributed by atoms with Gasteiger partial charge in [-0.15, -0.1) is 0 Å². The van der Waals surface area contributed by atoms with Crippen LogP contribution < -0.4 is 0 Å². The quantitative estimate of drug-likeness (QED) is 0.295. The molecule has 0 spiro atoms. The molecular formula is C12H24N2O2S2. The number of hydrogen-bond acceptors (Lipinski definition) is 6. The Kier molecular flexibility index (Phi) is 9.45. The number of ether oxygens (including phenoxy) is 2. The van der Waals surface area contributed by atoms with Gasteiger partial charge in [0.05, 0.1) is 13.2 Å². The number of nitrogens with zero attached hydrogens (tertiary/aromatic N) is 2. The summed E-state index contributed by atoms with van der Waals surface area (Å²) in [5.41, 5.74) is 0.187. The number of hydrogen-bond donors (Lipinski definition) is 0. The van der Waals surface area contributed by atoms with Crippen LogP contribution in [0.5, 0.6) is 0 Å². The van der Waals surface area contributed by atoms with E-state index in [2.05, 4.69) is 9.80 Å². The molecule has 0 radical (unpaired) electrons. The predicted molar refractivity (Wildman–Crippen MR) is 82.7 cm³/mol. The largest absolute Gasteiger partial charge is 0.487 e. The summed E-state index contributed by atoms with van der Waals surface area (Å²) in [6.07, 6.45) is 1.77. The summed E-state index contributed by atoms with van der Waals surface area (Å²) in [5, 5.41) is 1.24. The summed E-state index contributed by atoms with van der Waals surface area (Å²) < 4.78 is 10.8. The fourth-order valence-corrected chi connectivity index (χ4v) is 2.60. The van der Waals surface area contributed by atoms with Gasteiger partial charge in [0.1, 0.15) is 5.50 Å². The van der Waals surface area contributed by atoms with Crippen molar-refractivity contribution < 1.29 is 9.47 Å². The maximum atomic E-state index is 5.59. The Morgan fingerprint density at radius 3 is 2.00 bits per heavy atom. The second-order valence-corrected chi connectivity index (χ2v) is 5.48. The molecule has 0 fully saturated rings. The average Bonchev–Trinajstić information content (AvgIpc) is 2.25. The number of rotatable bonds is 8. The Morgan fingerprint density at radius 1 is 1.11 bits per heavy atom. The molecule has 0 aliphatic rings. The summed E-state index contributed by atoms with van der Waals surface area (Å²) in [6, 6.07) is 0. The van der Waals surface area contributed by atoms with Crippen molar-refractivity contribution in [2.75, 3.05) is 41.4 Å². The number of thiocarbonyl (C=S) groups is 1. The van der Waals surface area contributed by atoms with E-state index in [9.17, 15) is 0 Å². The molecule has 0 rings (SSSR count). The smallest absolute Gasteiger partial charge is 0.187 e. The van der Waals surface area contributed by atoms with Gasteiger partial charge in [0.15, 0.2) is 10.1 Å². The lowest BCUT2D eigenvalue weighted by molar-refractivity contribution is 0.206. The molecule has 6 heteroatoms. The first-order chi connectivity index (χ1) is 8.42. The topological polar surface area (TPSA) is 24.9 Å². The molecule has 0 bridgehead atoms. The predicted octanol–water partition coefficient (Wildman–Crippen LogP) is 2.37. The first kappa shape index (κ1) is 17.7. The Bertz CT molecular complexity index is 273. The highest BCUT2D eigenvalue weighted by Gasteiger charge is 2.17. The molecule has 18 heavy (non-hydrogen) atoms. The van der Waals surface area contributed by atoms with Crippen LogP contribution in [0.25, 0.3) is 0 Å². The highest BCUT2D eigenvalue weighted by molar-refractivity contribution is 8.03. The third-order valence-corrected chi connectivity index (χ3v) is 3.67. The van der Waals surface area contributed by atoms with Gasteiger partial charge in [-0.25, -0.2) is 0 Å². The maximum Gasteiger partial charge on any atom is 0.187 e. The molecule has 0 unspecified atom stereocenters. The van der Waals surface area contributed by atoms with E-state index >= 15 is 0 Å². The zero-order valence-corrected chi connectivity index (χ0v) is 13.7. The SMILES string of the molecule is CCOC(=S)/C=C(\OCC)SC(N(C)C)N(C)C. The van der Waals surface area contributed by atoms with Crippen molar-refractivity contribution in [3.8, 4) is 0 Å². The van der Waals surface area contributed by atoms with Gasteiger partial charge in [-0.05, 0) is 54.3 Å². The molecule has 0 aromatic rings. The Hall–Kier alpha value is -0.300. The van der Waals surface area contributed by atoms with Crippen LogP contribution >= 0.6 is 24.0 Å². The van der Waals surface area contributed by atoms with Gasteiger partial charge in [-0.2, -0.15) is 0 Å². The molecule has 0 aliphatic heterocycles. The summed E-state index contributed by atoms with van der Waals surface area (Å²) in [6.45, 7) is 5.06. The van der Waals surface area contributed by atoms with E-state index in [1.807, 2.05) is 42.0 Å². The summed E-state index contributed by atoms with van der Waals surface area (Å²) >= 11 is 6.72. The lowest BCUT2D eigenvalue weighted by Gasteiger charge is -2.30. The van der Waals surface area contributed by atoms with E-state index in [1.54, 1.807) is 17.8 Å². The minimum atomic E-state index is 0.187. The highest BCUT2D eigenvalue weighted by Crippen LogP contribution is 2.25. The van der Waals surface area contributed by atoms with Gasteiger partial charge in [0.25, 0.3) is 0 Å². The molecule has 0 saturated heterocycles. The van der Waals surface area contributed by atoms with Gasteiger partial charge in [-0.3, -0.25) is 9.80 Å². The lowest BCUT2D eigenvalue weighted by Crippen LogP contribution is -2.37. The summed E-state index contributed by atoms with van der Waals surface area (Å²) in [7, 11) is 8.12. The number of thioether (sulfide) groups is 1. The molecule has 0 aromatic heterocycles. The summed E-state index contributed by atoms with van der Waals surface area (Å²) in [4.78, 5) is 4.22. The van der Waals surface area contributed by atoms with Crippen molar-refractivity contribution in [3.05, 3.63) is 11.2 Å². The third-order valence-electron chi connectivity index (χ3n) is 1.91.